The van der Waals surface area contributed by atoms with Crippen LogP contribution in [0.3, 0.4) is 0 Å². The minimum Gasteiger partial charge on any atom is -0.457 e. The SMILES string of the molecule is C=C1C(=O)[C@]23[C@H](OC(=O)c4ccc(C)cc4)[C@H]1CC[C@@]2(C)[C@]12CCCC(C)(C)[C@H]1[C@H](O)[C@@]3(O)OC2. The molecule has 6 fully saturated rings. The molecule has 0 unspecified atom stereocenters. The lowest BCUT2D eigenvalue weighted by Crippen LogP contribution is -2.87. The summed E-state index contributed by atoms with van der Waals surface area (Å²) in [5, 5.41) is 24.2. The Kier molecular flexibility index (Phi) is 4.57. The zero-order chi connectivity index (χ0) is 25.2. The zero-order valence-corrected chi connectivity index (χ0v) is 21.1. The standard InChI is InChI=1S/C29H36O6/c1-16-7-9-18(10-8-16)24(32)35-23-19-11-14-26(5)27-13-6-12-25(3,4)20(27)22(31)29(33,34-15-27)28(23,26)21(30)17(19)2/h7-10,19-20,22-23,31,33H,2,6,11-15H2,1,3-5H3/t19-,20+,22-,23+,26-,27-,28-,29+/m0/s1. The molecule has 0 amide bonds. The van der Waals surface area contributed by atoms with E-state index < -0.39 is 46.1 Å². The Morgan fingerprint density at radius 2 is 1.83 bits per heavy atom. The molecule has 6 heteroatoms. The van der Waals surface area contributed by atoms with E-state index >= 15 is 0 Å². The van der Waals surface area contributed by atoms with E-state index in [2.05, 4.69) is 27.4 Å². The number of rotatable bonds is 2. The van der Waals surface area contributed by atoms with Crippen LogP contribution in [0.5, 0.6) is 0 Å². The third-order valence-corrected chi connectivity index (χ3v) is 11.0. The molecule has 2 heterocycles. The maximum Gasteiger partial charge on any atom is 0.338 e. The van der Waals surface area contributed by atoms with Crippen molar-refractivity contribution in [2.75, 3.05) is 6.61 Å². The first kappa shape index (κ1) is 23.4. The molecule has 188 valence electrons. The number of hydrogen-bond acceptors (Lipinski definition) is 6. The molecule has 0 radical (unpaired) electrons. The van der Waals surface area contributed by atoms with Crippen LogP contribution in [0.25, 0.3) is 0 Å². The van der Waals surface area contributed by atoms with Crippen LogP contribution < -0.4 is 0 Å². The van der Waals surface area contributed by atoms with Crippen LogP contribution in [0, 0.1) is 40.4 Å². The smallest absolute Gasteiger partial charge is 0.338 e. The fourth-order valence-corrected chi connectivity index (χ4v) is 9.50. The Bertz CT molecular complexity index is 1140. The molecule has 8 atom stereocenters. The average Bonchev–Trinajstić information content (AvgIpc) is 2.95. The summed E-state index contributed by atoms with van der Waals surface area (Å²) >= 11 is 0. The van der Waals surface area contributed by atoms with Crippen LogP contribution in [0.4, 0.5) is 0 Å². The first-order chi connectivity index (χ1) is 16.4. The number of esters is 1. The molecule has 2 aliphatic heterocycles. The van der Waals surface area contributed by atoms with Gasteiger partial charge in [-0.1, -0.05) is 51.5 Å². The second kappa shape index (κ2) is 6.84. The van der Waals surface area contributed by atoms with Crippen molar-refractivity contribution in [2.24, 2.45) is 33.5 Å². The fourth-order valence-electron chi connectivity index (χ4n) is 9.50. The van der Waals surface area contributed by atoms with E-state index in [0.717, 1.165) is 24.8 Å². The molecule has 4 aliphatic carbocycles. The Labute approximate surface area is 206 Å². The monoisotopic (exact) mass is 480 g/mol. The number of aryl methyl sites for hydroxylation is 1. The van der Waals surface area contributed by atoms with E-state index in [1.807, 2.05) is 19.1 Å². The highest BCUT2D eigenvalue weighted by atomic mass is 16.6. The number of ketones is 1. The van der Waals surface area contributed by atoms with Gasteiger partial charge in [0.05, 0.1) is 12.2 Å². The average molecular weight is 481 g/mol. The summed E-state index contributed by atoms with van der Waals surface area (Å²) in [4.78, 5) is 27.6. The van der Waals surface area contributed by atoms with Gasteiger partial charge >= 0.3 is 5.97 Å². The molecule has 2 saturated heterocycles. The topological polar surface area (TPSA) is 93.1 Å². The van der Waals surface area contributed by atoms with Gasteiger partial charge in [0.15, 0.2) is 5.78 Å². The summed E-state index contributed by atoms with van der Waals surface area (Å²) in [6.45, 7) is 12.7. The predicted molar refractivity (Wildman–Crippen MR) is 128 cm³/mol. The van der Waals surface area contributed by atoms with Gasteiger partial charge in [-0.2, -0.15) is 0 Å². The number of carbonyl (C=O) groups is 2. The highest BCUT2D eigenvalue weighted by Crippen LogP contribution is 2.81. The highest BCUT2D eigenvalue weighted by molar-refractivity contribution is 6.06. The Balaban J connectivity index is 1.55. The molecule has 0 aromatic heterocycles. The van der Waals surface area contributed by atoms with Crippen molar-refractivity contribution < 1.29 is 29.3 Å². The van der Waals surface area contributed by atoms with Crippen molar-refractivity contribution in [3.8, 4) is 0 Å². The van der Waals surface area contributed by atoms with Gasteiger partial charge in [-0.3, -0.25) is 4.79 Å². The van der Waals surface area contributed by atoms with Gasteiger partial charge in [0.2, 0.25) is 5.79 Å². The predicted octanol–water partition coefficient (Wildman–Crippen LogP) is 3.97. The molecule has 7 rings (SSSR count). The number of fused-ring (bicyclic) bond motifs is 2. The molecule has 35 heavy (non-hydrogen) atoms. The number of benzene rings is 1. The molecular formula is C29H36O6. The minimum atomic E-state index is -2.16. The third kappa shape index (κ3) is 2.38. The third-order valence-electron chi connectivity index (χ3n) is 11.0. The molecule has 6 nitrogen and oxygen atoms in total. The summed E-state index contributed by atoms with van der Waals surface area (Å²) < 4.78 is 12.4. The molecule has 6 aliphatic rings. The molecule has 2 spiro atoms. The van der Waals surface area contributed by atoms with Crippen molar-refractivity contribution in [3.63, 3.8) is 0 Å². The number of Topliss-reactive ketones (excluding diaryl/α,β-unsaturated/α-hetero) is 1. The van der Waals surface area contributed by atoms with Gasteiger partial charge in [-0.15, -0.1) is 0 Å². The van der Waals surface area contributed by atoms with Crippen molar-refractivity contribution in [1.82, 2.24) is 0 Å². The van der Waals surface area contributed by atoms with E-state index in [0.29, 0.717) is 24.0 Å². The lowest BCUT2D eigenvalue weighted by molar-refractivity contribution is -0.470. The van der Waals surface area contributed by atoms with Crippen molar-refractivity contribution in [1.29, 1.82) is 0 Å². The summed E-state index contributed by atoms with van der Waals surface area (Å²) in [5.74, 6) is -3.65. The number of carbonyl (C=O) groups excluding carboxylic acids is 2. The number of hydrogen-bond donors (Lipinski definition) is 2. The van der Waals surface area contributed by atoms with E-state index in [4.69, 9.17) is 9.47 Å². The zero-order valence-electron chi connectivity index (χ0n) is 21.1. The first-order valence-corrected chi connectivity index (χ1v) is 12.9. The highest BCUT2D eigenvalue weighted by Gasteiger charge is 2.90. The van der Waals surface area contributed by atoms with Crippen LogP contribution >= 0.6 is 0 Å². The van der Waals surface area contributed by atoms with E-state index in [9.17, 15) is 19.8 Å². The van der Waals surface area contributed by atoms with Crippen LogP contribution in [-0.4, -0.2) is 46.6 Å². The lowest BCUT2D eigenvalue weighted by atomic mass is 9.30. The summed E-state index contributed by atoms with van der Waals surface area (Å²) in [5.41, 5.74) is -1.28. The van der Waals surface area contributed by atoms with Gasteiger partial charge in [0.25, 0.3) is 0 Å². The molecule has 2 N–H and O–H groups in total. The maximum atomic E-state index is 14.3. The fraction of sp³-hybridized carbons (Fsp3) is 0.655. The summed E-state index contributed by atoms with van der Waals surface area (Å²) in [6, 6.07) is 7.10. The van der Waals surface area contributed by atoms with E-state index in [1.165, 1.54) is 0 Å². The van der Waals surface area contributed by atoms with Crippen LogP contribution in [0.1, 0.15) is 68.8 Å². The second-order valence-corrected chi connectivity index (χ2v) is 12.7. The van der Waals surface area contributed by atoms with Crippen molar-refractivity contribution in [3.05, 3.63) is 47.5 Å². The number of aliphatic hydroxyl groups excluding tert-OH is 1. The Morgan fingerprint density at radius 1 is 1.14 bits per heavy atom. The molecular weight excluding hydrogens is 444 g/mol. The minimum absolute atomic E-state index is 0.232. The van der Waals surface area contributed by atoms with Gasteiger partial charge in [-0.25, -0.2) is 4.79 Å². The Hall–Kier alpha value is -2.02. The molecule has 1 aromatic carbocycles. The van der Waals surface area contributed by atoms with Crippen LogP contribution in [-0.2, 0) is 14.3 Å². The molecule has 4 bridgehead atoms. The van der Waals surface area contributed by atoms with Gasteiger partial charge in [0, 0.05) is 17.3 Å². The second-order valence-electron chi connectivity index (χ2n) is 12.7. The quantitative estimate of drug-likeness (QED) is 0.492. The van der Waals surface area contributed by atoms with Crippen molar-refractivity contribution in [2.45, 2.75) is 77.8 Å². The van der Waals surface area contributed by atoms with Crippen LogP contribution in [0.2, 0.25) is 0 Å². The van der Waals surface area contributed by atoms with Gasteiger partial charge < -0.3 is 19.7 Å². The first-order valence-electron chi connectivity index (χ1n) is 12.9. The van der Waals surface area contributed by atoms with E-state index in [1.54, 1.807) is 12.1 Å². The van der Waals surface area contributed by atoms with Gasteiger partial charge in [0.1, 0.15) is 17.6 Å². The summed E-state index contributed by atoms with van der Waals surface area (Å²) in [7, 11) is 0. The number of ether oxygens (including phenoxy) is 2. The normalized spacial score (nSPS) is 47.3. The lowest BCUT2D eigenvalue weighted by Gasteiger charge is -2.78. The van der Waals surface area contributed by atoms with Crippen LogP contribution in [0.15, 0.2) is 36.4 Å². The van der Waals surface area contributed by atoms with Crippen molar-refractivity contribution >= 4 is 11.8 Å². The largest absolute Gasteiger partial charge is 0.457 e. The van der Waals surface area contributed by atoms with E-state index in [-0.39, 0.29) is 23.7 Å². The van der Waals surface area contributed by atoms with Gasteiger partial charge in [-0.05, 0) is 61.1 Å². The Morgan fingerprint density at radius 3 is 2.51 bits per heavy atom. The molecule has 1 aromatic rings. The summed E-state index contributed by atoms with van der Waals surface area (Å²) in [6.07, 6.45) is 1.81. The molecule has 4 saturated carbocycles. The maximum absolute atomic E-state index is 14.3. The number of aliphatic hydroxyl groups is 2.